The Bertz CT molecular complexity index is 631. The van der Waals surface area contributed by atoms with Crippen LogP contribution in [-0.4, -0.2) is 11.1 Å². The number of hydrogen-bond acceptors (Lipinski definition) is 2. The van der Waals surface area contributed by atoms with Crippen LogP contribution in [0.3, 0.4) is 0 Å². The normalized spacial score (nSPS) is 16.4. The average Bonchev–Trinajstić information content (AvgIpc) is 2.36. The molecule has 2 aromatic rings. The molecule has 0 aromatic heterocycles. The van der Waals surface area contributed by atoms with Gasteiger partial charge in [-0.15, -0.1) is 0 Å². The first-order valence-corrected chi connectivity index (χ1v) is 5.77. The molecule has 1 aliphatic rings. The van der Waals surface area contributed by atoms with Crippen LogP contribution >= 0.6 is 0 Å². The summed E-state index contributed by atoms with van der Waals surface area (Å²) in [5, 5.41) is 9.47. The Labute approximate surface area is 105 Å². The predicted octanol–water partition coefficient (Wildman–Crippen LogP) is 3.32. The van der Waals surface area contributed by atoms with E-state index in [0.717, 1.165) is 11.1 Å². The number of carboxylic acids is 1. The van der Waals surface area contributed by atoms with Gasteiger partial charge in [0, 0.05) is 11.1 Å². The van der Waals surface area contributed by atoms with Gasteiger partial charge in [0.25, 0.3) is 0 Å². The van der Waals surface area contributed by atoms with E-state index < -0.39 is 11.9 Å². The number of ether oxygens (including phenoxy) is 1. The van der Waals surface area contributed by atoms with Gasteiger partial charge in [-0.1, -0.05) is 36.4 Å². The van der Waals surface area contributed by atoms with Gasteiger partial charge in [-0.3, -0.25) is 4.79 Å². The number of para-hydroxylation sites is 2. The highest BCUT2D eigenvalue weighted by atomic mass is 16.5. The summed E-state index contributed by atoms with van der Waals surface area (Å²) in [5.41, 5.74) is 2.39. The Kier molecular flexibility index (Phi) is 2.33. The van der Waals surface area contributed by atoms with Crippen LogP contribution in [0.15, 0.2) is 42.5 Å². The lowest BCUT2D eigenvalue weighted by molar-refractivity contribution is -0.137. The van der Waals surface area contributed by atoms with Crippen molar-refractivity contribution in [2.75, 3.05) is 0 Å². The number of carbonyl (C=O) groups is 1. The summed E-state index contributed by atoms with van der Waals surface area (Å²) in [6, 6.07) is 12.9. The van der Waals surface area contributed by atoms with Gasteiger partial charge in [0.15, 0.2) is 0 Å². The largest absolute Gasteiger partial charge is 0.481 e. The van der Waals surface area contributed by atoms with Crippen molar-refractivity contribution < 1.29 is 14.6 Å². The molecule has 0 fully saturated rings. The van der Waals surface area contributed by atoms with Gasteiger partial charge in [0.1, 0.15) is 17.4 Å². The van der Waals surface area contributed by atoms with Gasteiger partial charge in [0.05, 0.1) is 0 Å². The van der Waals surface area contributed by atoms with E-state index >= 15 is 0 Å². The first kappa shape index (κ1) is 10.8. The molecule has 1 atom stereocenters. The number of aryl methyl sites for hydroxylation is 1. The quantitative estimate of drug-likeness (QED) is 0.831. The Morgan fingerprint density at radius 3 is 2.61 bits per heavy atom. The zero-order valence-electron chi connectivity index (χ0n) is 9.88. The molecule has 3 rings (SSSR count). The molecule has 1 unspecified atom stereocenters. The predicted molar refractivity (Wildman–Crippen MR) is 67.2 cm³/mol. The zero-order chi connectivity index (χ0) is 12.7. The van der Waals surface area contributed by atoms with Crippen molar-refractivity contribution in [2.24, 2.45) is 0 Å². The van der Waals surface area contributed by atoms with Crippen LogP contribution in [-0.2, 0) is 4.79 Å². The summed E-state index contributed by atoms with van der Waals surface area (Å²) in [5.74, 6) is -0.197. The molecule has 3 nitrogen and oxygen atoms in total. The highest BCUT2D eigenvalue weighted by Crippen LogP contribution is 2.45. The lowest BCUT2D eigenvalue weighted by Crippen LogP contribution is -2.18. The molecule has 1 aliphatic heterocycles. The van der Waals surface area contributed by atoms with E-state index in [0.29, 0.717) is 17.1 Å². The summed E-state index contributed by atoms with van der Waals surface area (Å²) in [4.78, 5) is 11.5. The third-order valence-electron chi connectivity index (χ3n) is 3.24. The van der Waals surface area contributed by atoms with Crippen LogP contribution in [0.25, 0.3) is 0 Å². The minimum Gasteiger partial charge on any atom is -0.481 e. The number of hydrogen-bond donors (Lipinski definition) is 1. The smallest absolute Gasteiger partial charge is 0.315 e. The van der Waals surface area contributed by atoms with E-state index in [1.54, 1.807) is 12.1 Å². The number of fused-ring (bicyclic) bond motifs is 2. The topological polar surface area (TPSA) is 46.5 Å². The fourth-order valence-electron chi connectivity index (χ4n) is 2.40. The molecule has 3 heteroatoms. The minimum atomic E-state index is -0.849. The highest BCUT2D eigenvalue weighted by molar-refractivity contribution is 5.84. The molecule has 0 saturated carbocycles. The molecular formula is C15H12O3. The molecule has 0 aliphatic carbocycles. The average molecular weight is 240 g/mol. The van der Waals surface area contributed by atoms with Gasteiger partial charge in [-0.2, -0.15) is 0 Å². The highest BCUT2D eigenvalue weighted by Gasteiger charge is 2.32. The second-order valence-corrected chi connectivity index (χ2v) is 4.40. The van der Waals surface area contributed by atoms with E-state index in [2.05, 4.69) is 0 Å². The molecule has 0 spiro atoms. The second kappa shape index (κ2) is 3.88. The fourth-order valence-corrected chi connectivity index (χ4v) is 2.40. The Morgan fingerprint density at radius 1 is 1.11 bits per heavy atom. The SMILES string of the molecule is Cc1cccc2c1Oc1ccccc1C2C(=O)O. The van der Waals surface area contributed by atoms with E-state index in [1.807, 2.05) is 37.3 Å². The van der Waals surface area contributed by atoms with Crippen molar-refractivity contribution in [1.82, 2.24) is 0 Å². The monoisotopic (exact) mass is 240 g/mol. The number of aliphatic carboxylic acids is 1. The van der Waals surface area contributed by atoms with Crippen molar-refractivity contribution in [1.29, 1.82) is 0 Å². The standard InChI is InChI=1S/C15H12O3/c1-9-5-4-7-11-13(15(16)17)10-6-2-3-8-12(10)18-14(9)11/h2-8,13H,1H3,(H,16,17). The Balaban J connectivity index is 2.27. The maximum absolute atomic E-state index is 11.5. The van der Waals surface area contributed by atoms with Gasteiger partial charge >= 0.3 is 5.97 Å². The summed E-state index contributed by atoms with van der Waals surface area (Å²) >= 11 is 0. The molecule has 2 aromatic carbocycles. The molecule has 18 heavy (non-hydrogen) atoms. The minimum absolute atomic E-state index is 0.631. The van der Waals surface area contributed by atoms with Crippen LogP contribution in [0.1, 0.15) is 22.6 Å². The first-order chi connectivity index (χ1) is 8.68. The van der Waals surface area contributed by atoms with Crippen molar-refractivity contribution >= 4 is 5.97 Å². The number of rotatable bonds is 1. The lowest BCUT2D eigenvalue weighted by atomic mass is 9.87. The molecule has 1 heterocycles. The summed E-state index contributed by atoms with van der Waals surface area (Å²) in [6.07, 6.45) is 0. The van der Waals surface area contributed by atoms with Crippen molar-refractivity contribution in [3.8, 4) is 11.5 Å². The van der Waals surface area contributed by atoms with Gasteiger partial charge in [0.2, 0.25) is 0 Å². The van der Waals surface area contributed by atoms with Gasteiger partial charge in [-0.25, -0.2) is 0 Å². The molecule has 0 radical (unpaired) electrons. The van der Waals surface area contributed by atoms with E-state index in [9.17, 15) is 9.90 Å². The molecule has 0 bridgehead atoms. The summed E-state index contributed by atoms with van der Waals surface area (Å²) in [6.45, 7) is 1.92. The third kappa shape index (κ3) is 1.48. The molecule has 0 amide bonds. The molecule has 90 valence electrons. The van der Waals surface area contributed by atoms with Crippen LogP contribution in [0.2, 0.25) is 0 Å². The van der Waals surface area contributed by atoms with E-state index in [1.165, 1.54) is 0 Å². The number of benzene rings is 2. The molecular weight excluding hydrogens is 228 g/mol. The van der Waals surface area contributed by atoms with Crippen LogP contribution in [0, 0.1) is 6.92 Å². The van der Waals surface area contributed by atoms with E-state index in [4.69, 9.17) is 4.74 Å². The maximum atomic E-state index is 11.5. The van der Waals surface area contributed by atoms with Crippen molar-refractivity contribution in [2.45, 2.75) is 12.8 Å². The third-order valence-corrected chi connectivity index (χ3v) is 3.24. The Hall–Kier alpha value is -2.29. The van der Waals surface area contributed by atoms with Gasteiger partial charge < -0.3 is 9.84 Å². The fraction of sp³-hybridized carbons (Fsp3) is 0.133. The summed E-state index contributed by atoms with van der Waals surface area (Å²) in [7, 11) is 0. The van der Waals surface area contributed by atoms with Crippen LogP contribution < -0.4 is 4.74 Å². The summed E-state index contributed by atoms with van der Waals surface area (Å²) < 4.78 is 5.83. The zero-order valence-corrected chi connectivity index (χ0v) is 9.88. The van der Waals surface area contributed by atoms with Crippen LogP contribution in [0.5, 0.6) is 11.5 Å². The first-order valence-electron chi connectivity index (χ1n) is 5.77. The number of carboxylic acid groups (broad SMARTS) is 1. The van der Waals surface area contributed by atoms with Crippen molar-refractivity contribution in [3.63, 3.8) is 0 Å². The van der Waals surface area contributed by atoms with Gasteiger partial charge in [-0.05, 0) is 18.6 Å². The van der Waals surface area contributed by atoms with Crippen LogP contribution in [0.4, 0.5) is 0 Å². The Morgan fingerprint density at radius 2 is 1.83 bits per heavy atom. The second-order valence-electron chi connectivity index (χ2n) is 4.40. The van der Waals surface area contributed by atoms with Crippen molar-refractivity contribution in [3.05, 3.63) is 59.2 Å². The molecule has 1 N–H and O–H groups in total. The van der Waals surface area contributed by atoms with E-state index in [-0.39, 0.29) is 0 Å². The molecule has 0 saturated heterocycles. The maximum Gasteiger partial charge on any atom is 0.315 e. The lowest BCUT2D eigenvalue weighted by Gasteiger charge is -2.26.